The third kappa shape index (κ3) is 3.31. The van der Waals surface area contributed by atoms with Crippen LogP contribution in [0.1, 0.15) is 25.7 Å². The van der Waals surface area contributed by atoms with Crippen LogP contribution in [-0.4, -0.2) is 46.0 Å². The van der Waals surface area contributed by atoms with Crippen LogP contribution in [0.4, 0.5) is 0 Å². The summed E-state index contributed by atoms with van der Waals surface area (Å²) in [6.45, 7) is 3.16. The van der Waals surface area contributed by atoms with Crippen molar-refractivity contribution in [1.29, 1.82) is 0 Å². The average molecular weight is 340 g/mol. The topological polar surface area (TPSA) is 67.2 Å². The molecule has 0 spiro atoms. The number of carbonyl (C=O) groups excluding carboxylic acids is 1. The molecule has 0 bridgehead atoms. The molecule has 6 heteroatoms. The van der Waals surface area contributed by atoms with E-state index in [1.165, 1.54) is 12.8 Å². The maximum Gasteiger partial charge on any atom is 0.261 e. The number of piperidine rings is 2. The number of hydrogen-bond donors (Lipinski definition) is 1. The second kappa shape index (κ2) is 6.96. The van der Waals surface area contributed by atoms with E-state index in [0.717, 1.165) is 26.1 Å². The Balaban J connectivity index is 1.40. The molecule has 132 valence electrons. The molecule has 2 aromatic rings. The van der Waals surface area contributed by atoms with Gasteiger partial charge in [-0.3, -0.25) is 14.2 Å². The Morgan fingerprint density at radius 2 is 2.16 bits per heavy atom. The first-order chi connectivity index (χ1) is 12.2. The van der Waals surface area contributed by atoms with Crippen molar-refractivity contribution >= 4 is 16.8 Å². The van der Waals surface area contributed by atoms with Gasteiger partial charge in [0, 0.05) is 32.1 Å². The fraction of sp³-hybridized carbons (Fsp3) is 0.526. The summed E-state index contributed by atoms with van der Waals surface area (Å²) in [5.74, 6) is 0.723. The molecule has 0 aliphatic carbocycles. The first kappa shape index (κ1) is 16.3. The molecule has 6 nitrogen and oxygen atoms in total. The van der Waals surface area contributed by atoms with Crippen LogP contribution in [-0.2, 0) is 11.3 Å². The molecule has 1 amide bonds. The monoisotopic (exact) mass is 340 g/mol. The lowest BCUT2D eigenvalue weighted by molar-refractivity contribution is -0.133. The van der Waals surface area contributed by atoms with Crippen molar-refractivity contribution in [3.05, 3.63) is 40.9 Å². The average Bonchev–Trinajstić information content (AvgIpc) is 2.67. The third-order valence-electron chi connectivity index (χ3n) is 5.54. The van der Waals surface area contributed by atoms with Crippen LogP contribution in [0.3, 0.4) is 0 Å². The van der Waals surface area contributed by atoms with E-state index in [1.807, 2.05) is 23.1 Å². The third-order valence-corrected chi connectivity index (χ3v) is 5.54. The van der Waals surface area contributed by atoms with Crippen molar-refractivity contribution in [1.82, 2.24) is 19.8 Å². The summed E-state index contributed by atoms with van der Waals surface area (Å²) >= 11 is 0. The number of carbonyl (C=O) groups is 1. The minimum absolute atomic E-state index is 0.0754. The van der Waals surface area contributed by atoms with Crippen molar-refractivity contribution in [3.8, 4) is 0 Å². The number of fused-ring (bicyclic) bond motifs is 2. The fourth-order valence-electron chi connectivity index (χ4n) is 4.11. The summed E-state index contributed by atoms with van der Waals surface area (Å²) in [6, 6.07) is 7.89. The number of para-hydroxylation sites is 1. The molecule has 2 saturated heterocycles. The Bertz CT molecular complexity index is 832. The molecule has 0 radical (unpaired) electrons. The summed E-state index contributed by atoms with van der Waals surface area (Å²) in [5.41, 5.74) is 0.621. The van der Waals surface area contributed by atoms with Crippen LogP contribution in [0.2, 0.25) is 0 Å². The predicted molar refractivity (Wildman–Crippen MR) is 96.3 cm³/mol. The molecule has 2 aliphatic heterocycles. The van der Waals surface area contributed by atoms with Gasteiger partial charge in [0.1, 0.15) is 0 Å². The summed E-state index contributed by atoms with van der Waals surface area (Å²) in [7, 11) is 0. The lowest BCUT2D eigenvalue weighted by atomic mass is 9.85. The lowest BCUT2D eigenvalue weighted by Crippen LogP contribution is -2.53. The van der Waals surface area contributed by atoms with E-state index in [0.29, 0.717) is 35.8 Å². The van der Waals surface area contributed by atoms with Gasteiger partial charge >= 0.3 is 0 Å². The summed E-state index contributed by atoms with van der Waals surface area (Å²) in [5, 5.41) is 4.17. The summed E-state index contributed by atoms with van der Waals surface area (Å²) in [4.78, 5) is 31.4. The van der Waals surface area contributed by atoms with Crippen LogP contribution in [0.5, 0.6) is 0 Å². The standard InChI is InChI=1S/C19H24N4O2/c24-18(22-10-7-16-14(12-22)4-3-9-20-16)8-11-23-13-21-17-6-2-1-5-15(17)19(23)25/h1-2,5-6,13-14,16,20H,3-4,7-12H2/t14-,16+/m1/s1. The van der Waals surface area contributed by atoms with Crippen molar-refractivity contribution < 1.29 is 4.79 Å². The van der Waals surface area contributed by atoms with Crippen LogP contribution in [0, 0.1) is 5.92 Å². The second-order valence-corrected chi connectivity index (χ2v) is 7.10. The molecular formula is C19H24N4O2. The van der Waals surface area contributed by atoms with Gasteiger partial charge < -0.3 is 10.2 Å². The molecule has 2 atom stereocenters. The van der Waals surface area contributed by atoms with Gasteiger partial charge in [0.15, 0.2) is 0 Å². The Hall–Kier alpha value is -2.21. The molecule has 0 saturated carbocycles. The number of benzene rings is 1. The van der Waals surface area contributed by atoms with E-state index in [9.17, 15) is 9.59 Å². The van der Waals surface area contributed by atoms with Gasteiger partial charge in [-0.1, -0.05) is 12.1 Å². The molecule has 2 fully saturated rings. The zero-order valence-electron chi connectivity index (χ0n) is 14.4. The van der Waals surface area contributed by atoms with Gasteiger partial charge in [-0.15, -0.1) is 0 Å². The first-order valence-corrected chi connectivity index (χ1v) is 9.18. The molecule has 1 aromatic heterocycles. The molecule has 1 N–H and O–H groups in total. The molecule has 1 aromatic carbocycles. The van der Waals surface area contributed by atoms with Crippen molar-refractivity contribution in [3.63, 3.8) is 0 Å². The largest absolute Gasteiger partial charge is 0.342 e. The van der Waals surface area contributed by atoms with E-state index in [2.05, 4.69) is 10.3 Å². The molecule has 4 rings (SSSR count). The zero-order valence-corrected chi connectivity index (χ0v) is 14.4. The van der Waals surface area contributed by atoms with Gasteiger partial charge in [-0.05, 0) is 43.9 Å². The second-order valence-electron chi connectivity index (χ2n) is 7.10. The highest BCUT2D eigenvalue weighted by Gasteiger charge is 2.32. The number of aryl methyl sites for hydroxylation is 1. The predicted octanol–water partition coefficient (Wildman–Crippen LogP) is 1.39. The van der Waals surface area contributed by atoms with Crippen LogP contribution >= 0.6 is 0 Å². The highest BCUT2D eigenvalue weighted by Crippen LogP contribution is 2.25. The SMILES string of the molecule is O=C(CCn1cnc2ccccc2c1=O)N1CC[C@@H]2NCCC[C@@H]2C1. The number of rotatable bonds is 3. The van der Waals surface area contributed by atoms with Crippen LogP contribution in [0.25, 0.3) is 10.9 Å². The lowest BCUT2D eigenvalue weighted by Gasteiger charge is -2.41. The number of amides is 1. The number of aromatic nitrogens is 2. The Kier molecular flexibility index (Phi) is 4.53. The van der Waals surface area contributed by atoms with Crippen molar-refractivity contribution in [2.24, 2.45) is 5.92 Å². The Labute approximate surface area is 146 Å². The van der Waals surface area contributed by atoms with Crippen LogP contribution < -0.4 is 10.9 Å². The fourth-order valence-corrected chi connectivity index (χ4v) is 4.11. The summed E-state index contributed by atoms with van der Waals surface area (Å²) < 4.78 is 1.55. The number of nitrogens with one attached hydrogen (secondary N) is 1. The highest BCUT2D eigenvalue weighted by atomic mass is 16.2. The van der Waals surface area contributed by atoms with Crippen LogP contribution in [0.15, 0.2) is 35.4 Å². The quantitative estimate of drug-likeness (QED) is 0.917. The van der Waals surface area contributed by atoms with Gasteiger partial charge in [0.25, 0.3) is 5.56 Å². The summed E-state index contributed by atoms with van der Waals surface area (Å²) in [6.07, 6.45) is 5.34. The van der Waals surface area contributed by atoms with E-state index in [4.69, 9.17) is 0 Å². The number of likely N-dealkylation sites (tertiary alicyclic amines) is 1. The maximum absolute atomic E-state index is 12.6. The first-order valence-electron chi connectivity index (χ1n) is 9.18. The normalized spacial score (nSPS) is 23.4. The number of nitrogens with zero attached hydrogens (tertiary/aromatic N) is 3. The van der Waals surface area contributed by atoms with Gasteiger partial charge in [-0.2, -0.15) is 0 Å². The molecule has 25 heavy (non-hydrogen) atoms. The highest BCUT2D eigenvalue weighted by molar-refractivity contribution is 5.77. The van der Waals surface area contributed by atoms with Gasteiger partial charge in [0.2, 0.25) is 5.91 Å². The number of hydrogen-bond acceptors (Lipinski definition) is 4. The van der Waals surface area contributed by atoms with E-state index >= 15 is 0 Å². The smallest absolute Gasteiger partial charge is 0.261 e. The molecule has 0 unspecified atom stereocenters. The maximum atomic E-state index is 12.6. The molecule has 3 heterocycles. The molecular weight excluding hydrogens is 316 g/mol. The van der Waals surface area contributed by atoms with Gasteiger partial charge in [-0.25, -0.2) is 4.98 Å². The molecule has 2 aliphatic rings. The van der Waals surface area contributed by atoms with E-state index < -0.39 is 0 Å². The Morgan fingerprint density at radius 1 is 1.28 bits per heavy atom. The van der Waals surface area contributed by atoms with E-state index in [1.54, 1.807) is 17.0 Å². The van der Waals surface area contributed by atoms with Crippen molar-refractivity contribution in [2.45, 2.75) is 38.3 Å². The Morgan fingerprint density at radius 3 is 3.08 bits per heavy atom. The van der Waals surface area contributed by atoms with E-state index in [-0.39, 0.29) is 11.5 Å². The minimum atomic E-state index is -0.0754. The van der Waals surface area contributed by atoms with Gasteiger partial charge in [0.05, 0.1) is 17.2 Å². The minimum Gasteiger partial charge on any atom is -0.342 e. The zero-order chi connectivity index (χ0) is 17.2. The van der Waals surface area contributed by atoms with Crippen molar-refractivity contribution in [2.75, 3.05) is 19.6 Å².